The molecule has 1 aromatic heterocycles. The summed E-state index contributed by atoms with van der Waals surface area (Å²) in [4.78, 5) is 4.19. The number of halogens is 2. The van der Waals surface area contributed by atoms with E-state index in [-0.39, 0.29) is 24.8 Å². The number of rotatable bonds is 1. The van der Waals surface area contributed by atoms with E-state index in [1.165, 1.54) is 12.8 Å². The van der Waals surface area contributed by atoms with E-state index in [9.17, 15) is 0 Å². The van der Waals surface area contributed by atoms with Crippen molar-refractivity contribution in [2.24, 2.45) is 0 Å². The van der Waals surface area contributed by atoms with Crippen molar-refractivity contribution in [3.8, 4) is 0 Å². The van der Waals surface area contributed by atoms with Gasteiger partial charge in [0.15, 0.2) is 5.82 Å². The van der Waals surface area contributed by atoms with E-state index in [0.29, 0.717) is 11.9 Å². The summed E-state index contributed by atoms with van der Waals surface area (Å²) in [6.07, 6.45) is 3.64. The highest BCUT2D eigenvalue weighted by Crippen LogP contribution is 2.19. The Hall–Kier alpha value is -0.320. The molecule has 1 aliphatic heterocycles. The summed E-state index contributed by atoms with van der Waals surface area (Å²) >= 11 is 0. The highest BCUT2D eigenvalue weighted by Gasteiger charge is 2.18. The van der Waals surface area contributed by atoms with Crippen molar-refractivity contribution in [3.05, 3.63) is 11.7 Å². The molecule has 14 heavy (non-hydrogen) atoms. The fourth-order valence-corrected chi connectivity index (χ4v) is 1.53. The van der Waals surface area contributed by atoms with Crippen LogP contribution in [0.25, 0.3) is 0 Å². The van der Waals surface area contributed by atoms with Gasteiger partial charge in [0.05, 0.1) is 6.04 Å². The molecule has 1 saturated heterocycles. The molecule has 2 heterocycles. The Morgan fingerprint density at radius 1 is 1.36 bits per heavy atom. The van der Waals surface area contributed by atoms with E-state index >= 15 is 0 Å². The molecule has 0 aromatic carbocycles. The maximum absolute atomic E-state index is 4.92. The van der Waals surface area contributed by atoms with Gasteiger partial charge in [-0.05, 0) is 19.4 Å². The van der Waals surface area contributed by atoms with E-state index < -0.39 is 0 Å². The van der Waals surface area contributed by atoms with Crippen LogP contribution in [-0.4, -0.2) is 16.7 Å². The molecule has 4 nitrogen and oxygen atoms in total. The van der Waals surface area contributed by atoms with Gasteiger partial charge < -0.3 is 9.84 Å². The van der Waals surface area contributed by atoms with Gasteiger partial charge in [0, 0.05) is 6.92 Å². The van der Waals surface area contributed by atoms with Crippen LogP contribution in [0.15, 0.2) is 4.52 Å². The highest BCUT2D eigenvalue weighted by molar-refractivity contribution is 5.85. The summed E-state index contributed by atoms with van der Waals surface area (Å²) in [6.45, 7) is 2.89. The van der Waals surface area contributed by atoms with Gasteiger partial charge in [0.1, 0.15) is 0 Å². The van der Waals surface area contributed by atoms with Crippen molar-refractivity contribution in [2.75, 3.05) is 6.54 Å². The summed E-state index contributed by atoms with van der Waals surface area (Å²) in [5.41, 5.74) is 0. The minimum Gasteiger partial charge on any atom is -0.340 e. The molecule has 6 heteroatoms. The number of hydrogen-bond donors (Lipinski definition) is 1. The predicted molar refractivity (Wildman–Crippen MR) is 58.1 cm³/mol. The van der Waals surface area contributed by atoms with E-state index in [1.807, 2.05) is 6.92 Å². The maximum Gasteiger partial charge on any atom is 0.223 e. The lowest BCUT2D eigenvalue weighted by atomic mass is 10.0. The monoisotopic (exact) mass is 239 g/mol. The average molecular weight is 240 g/mol. The van der Waals surface area contributed by atoms with Gasteiger partial charge in [-0.2, -0.15) is 4.98 Å². The fourth-order valence-electron chi connectivity index (χ4n) is 1.53. The Morgan fingerprint density at radius 2 is 2.14 bits per heavy atom. The van der Waals surface area contributed by atoms with Crippen molar-refractivity contribution in [1.29, 1.82) is 0 Å². The molecule has 82 valence electrons. The Kier molecular flexibility index (Phi) is 6.08. The summed E-state index contributed by atoms with van der Waals surface area (Å²) in [7, 11) is 0. The first-order chi connectivity index (χ1) is 5.86. The Balaban J connectivity index is 0.000000845. The number of nitrogens with one attached hydrogen (secondary N) is 1. The normalized spacial score (nSPS) is 20.8. The molecule has 1 N–H and O–H groups in total. The van der Waals surface area contributed by atoms with Crippen LogP contribution in [0.1, 0.15) is 37.0 Å². The Labute approximate surface area is 95.7 Å². The average Bonchev–Trinajstić information content (AvgIpc) is 2.54. The third-order valence-electron chi connectivity index (χ3n) is 2.17. The molecule has 1 atom stereocenters. The van der Waals surface area contributed by atoms with Crippen LogP contribution in [0.5, 0.6) is 0 Å². The first-order valence-corrected chi connectivity index (χ1v) is 4.40. The number of nitrogens with zero attached hydrogens (tertiary/aromatic N) is 2. The molecule has 2 rings (SSSR count). The second-order valence-electron chi connectivity index (χ2n) is 3.17. The van der Waals surface area contributed by atoms with Crippen molar-refractivity contribution < 1.29 is 4.52 Å². The number of piperidine rings is 1. The van der Waals surface area contributed by atoms with Crippen LogP contribution in [0.2, 0.25) is 0 Å². The topological polar surface area (TPSA) is 51.0 Å². The molecule has 0 aliphatic carbocycles. The zero-order chi connectivity index (χ0) is 8.39. The van der Waals surface area contributed by atoms with Crippen LogP contribution in [-0.2, 0) is 0 Å². The van der Waals surface area contributed by atoms with Gasteiger partial charge in [-0.1, -0.05) is 11.6 Å². The molecule has 0 spiro atoms. The smallest absolute Gasteiger partial charge is 0.223 e. The Bertz CT molecular complexity index is 261. The lowest BCUT2D eigenvalue weighted by molar-refractivity contribution is 0.355. The molecule has 0 saturated carbocycles. The quantitative estimate of drug-likeness (QED) is 0.816. The minimum atomic E-state index is 0. The summed E-state index contributed by atoms with van der Waals surface area (Å²) in [5, 5.41) is 7.25. The molecule has 0 amide bonds. The molecular weight excluding hydrogens is 225 g/mol. The van der Waals surface area contributed by atoms with Crippen LogP contribution in [0, 0.1) is 6.92 Å². The van der Waals surface area contributed by atoms with Crippen molar-refractivity contribution in [1.82, 2.24) is 15.5 Å². The molecule has 1 aliphatic rings. The predicted octanol–water partition coefficient (Wildman–Crippen LogP) is 2.04. The number of aryl methyl sites for hydroxylation is 1. The third-order valence-corrected chi connectivity index (χ3v) is 2.17. The van der Waals surface area contributed by atoms with Crippen LogP contribution in [0.4, 0.5) is 0 Å². The zero-order valence-electron chi connectivity index (χ0n) is 8.02. The van der Waals surface area contributed by atoms with Gasteiger partial charge in [0.25, 0.3) is 0 Å². The molecule has 0 radical (unpaired) electrons. The van der Waals surface area contributed by atoms with Crippen LogP contribution < -0.4 is 5.32 Å². The lowest BCUT2D eigenvalue weighted by Crippen LogP contribution is -2.27. The second kappa shape index (κ2) is 6.22. The summed E-state index contributed by atoms with van der Waals surface area (Å²) in [6, 6.07) is 0.316. The van der Waals surface area contributed by atoms with Crippen molar-refractivity contribution in [2.45, 2.75) is 32.2 Å². The molecule has 1 fully saturated rings. The van der Waals surface area contributed by atoms with Gasteiger partial charge in [-0.3, -0.25) is 0 Å². The zero-order valence-corrected chi connectivity index (χ0v) is 9.66. The molecule has 1 unspecified atom stereocenters. The molecular formula is C8H15Cl2N3O. The first-order valence-electron chi connectivity index (χ1n) is 4.40. The van der Waals surface area contributed by atoms with Crippen LogP contribution >= 0.6 is 24.8 Å². The van der Waals surface area contributed by atoms with Gasteiger partial charge in [-0.25, -0.2) is 0 Å². The molecule has 1 aromatic rings. The number of hydrogen-bond acceptors (Lipinski definition) is 4. The fraction of sp³-hybridized carbons (Fsp3) is 0.750. The highest BCUT2D eigenvalue weighted by atomic mass is 35.5. The van der Waals surface area contributed by atoms with Gasteiger partial charge >= 0.3 is 0 Å². The minimum absolute atomic E-state index is 0. The third kappa shape index (κ3) is 3.12. The maximum atomic E-state index is 4.92. The Morgan fingerprint density at radius 3 is 2.64 bits per heavy atom. The van der Waals surface area contributed by atoms with E-state index in [0.717, 1.165) is 18.8 Å². The van der Waals surface area contributed by atoms with E-state index in [1.54, 1.807) is 0 Å². The van der Waals surface area contributed by atoms with Crippen molar-refractivity contribution >= 4 is 24.8 Å². The summed E-state index contributed by atoms with van der Waals surface area (Å²) < 4.78 is 4.92. The SMILES string of the molecule is Cc1nc(C2CCCCN2)no1.Cl.Cl. The lowest BCUT2D eigenvalue weighted by Gasteiger charge is -2.19. The standard InChI is InChI=1S/C8H13N3O.2ClH/c1-6-10-8(11-12-6)7-4-2-3-5-9-7;;/h7,9H,2-5H2,1H3;2*1H. The largest absolute Gasteiger partial charge is 0.340 e. The number of aromatic nitrogens is 2. The molecule has 0 bridgehead atoms. The van der Waals surface area contributed by atoms with E-state index in [4.69, 9.17) is 4.52 Å². The second-order valence-corrected chi connectivity index (χ2v) is 3.17. The van der Waals surface area contributed by atoms with E-state index in [2.05, 4.69) is 15.5 Å². The van der Waals surface area contributed by atoms with Crippen LogP contribution in [0.3, 0.4) is 0 Å². The first kappa shape index (κ1) is 13.7. The summed E-state index contributed by atoms with van der Waals surface area (Å²) in [5.74, 6) is 1.46. The van der Waals surface area contributed by atoms with Gasteiger partial charge in [0.2, 0.25) is 5.89 Å². The van der Waals surface area contributed by atoms with Gasteiger partial charge in [-0.15, -0.1) is 24.8 Å². The van der Waals surface area contributed by atoms with Crippen molar-refractivity contribution in [3.63, 3.8) is 0 Å².